The Labute approximate surface area is 177 Å². The number of amides is 2. The summed E-state index contributed by atoms with van der Waals surface area (Å²) in [7, 11) is 0. The van der Waals surface area contributed by atoms with Crippen LogP contribution < -0.4 is 10.1 Å². The summed E-state index contributed by atoms with van der Waals surface area (Å²) in [6.07, 6.45) is 9.62. The van der Waals surface area contributed by atoms with E-state index in [4.69, 9.17) is 4.74 Å². The molecule has 0 aliphatic carbocycles. The van der Waals surface area contributed by atoms with Gasteiger partial charge in [0, 0.05) is 13.0 Å². The van der Waals surface area contributed by atoms with Gasteiger partial charge in [-0.05, 0) is 44.2 Å². The summed E-state index contributed by atoms with van der Waals surface area (Å²) in [4.78, 5) is 37.4. The van der Waals surface area contributed by atoms with Crippen LogP contribution in [-0.2, 0) is 14.4 Å². The molecular weight excluding hydrogens is 384 g/mol. The first kappa shape index (κ1) is 23.2. The zero-order chi connectivity index (χ0) is 21.8. The first-order chi connectivity index (χ1) is 14.5. The van der Waals surface area contributed by atoms with Crippen LogP contribution >= 0.6 is 0 Å². The van der Waals surface area contributed by atoms with E-state index < -0.39 is 12.0 Å². The molecule has 30 heavy (non-hydrogen) atoms. The van der Waals surface area contributed by atoms with Crippen molar-refractivity contribution in [3.8, 4) is 5.75 Å². The van der Waals surface area contributed by atoms with Crippen molar-refractivity contribution in [2.75, 3.05) is 19.7 Å². The second kappa shape index (κ2) is 12.5. The summed E-state index contributed by atoms with van der Waals surface area (Å²) in [5.41, 5.74) is 0. The molecule has 1 aromatic carbocycles. The Morgan fingerprint density at radius 2 is 2.00 bits per heavy atom. The van der Waals surface area contributed by atoms with Crippen LogP contribution in [0, 0.1) is 5.92 Å². The van der Waals surface area contributed by atoms with E-state index in [9.17, 15) is 19.5 Å². The number of ether oxygens (including phenoxy) is 1. The normalized spacial score (nSPS) is 18.8. The van der Waals surface area contributed by atoms with Gasteiger partial charge in [0.25, 0.3) is 0 Å². The molecule has 1 aliphatic heterocycles. The van der Waals surface area contributed by atoms with E-state index in [0.717, 1.165) is 5.75 Å². The number of hydrogen-bond donors (Lipinski definition) is 2. The summed E-state index contributed by atoms with van der Waals surface area (Å²) in [5.74, 6) is -0.778. The van der Waals surface area contributed by atoms with Gasteiger partial charge < -0.3 is 20.1 Å². The standard InChI is InChI=1S/C23H30N2O5/c1-2-3-4-6-10-18-15-20(23(28)29)25(17-18)22(27)16-24-21(26)13-9-14-30-19-11-7-5-8-12-19/h2-8,11-12,18,20H,9-10,13-17H2,1H3,(H,24,26)(H,28,29)/b3-2-,6-4-/t18-,20+/m1/s1. The number of allylic oxidation sites excluding steroid dienone is 4. The minimum absolute atomic E-state index is 0.0994. The smallest absolute Gasteiger partial charge is 0.326 e. The Balaban J connectivity index is 1.72. The lowest BCUT2D eigenvalue weighted by Crippen LogP contribution is -2.45. The molecule has 0 unspecified atom stereocenters. The van der Waals surface area contributed by atoms with E-state index in [1.165, 1.54) is 4.90 Å². The summed E-state index contributed by atoms with van der Waals surface area (Å²) in [6.45, 7) is 2.52. The van der Waals surface area contributed by atoms with Gasteiger partial charge in [0.2, 0.25) is 11.8 Å². The van der Waals surface area contributed by atoms with E-state index in [2.05, 4.69) is 5.32 Å². The molecule has 0 saturated carbocycles. The number of likely N-dealkylation sites (tertiary alicyclic amines) is 1. The Kier molecular flexibility index (Phi) is 9.64. The van der Waals surface area contributed by atoms with E-state index in [1.54, 1.807) is 0 Å². The van der Waals surface area contributed by atoms with Crippen LogP contribution in [0.5, 0.6) is 5.75 Å². The second-order valence-corrected chi connectivity index (χ2v) is 7.23. The molecular formula is C23H30N2O5. The number of nitrogens with zero attached hydrogens (tertiary/aromatic N) is 1. The Morgan fingerprint density at radius 3 is 2.70 bits per heavy atom. The van der Waals surface area contributed by atoms with Gasteiger partial charge in [-0.25, -0.2) is 4.79 Å². The molecule has 1 fully saturated rings. The van der Waals surface area contributed by atoms with E-state index in [-0.39, 0.29) is 30.7 Å². The van der Waals surface area contributed by atoms with Gasteiger partial charge in [-0.2, -0.15) is 0 Å². The van der Waals surface area contributed by atoms with Crippen molar-refractivity contribution >= 4 is 17.8 Å². The summed E-state index contributed by atoms with van der Waals surface area (Å²) in [6, 6.07) is 8.50. The SMILES string of the molecule is C/C=C\C=C/C[C@@H]1C[C@@H](C(=O)O)N(C(=O)CNC(=O)CCCOc2ccccc2)C1. The van der Waals surface area contributed by atoms with Crippen molar-refractivity contribution in [3.63, 3.8) is 0 Å². The fourth-order valence-electron chi connectivity index (χ4n) is 3.37. The Bertz CT molecular complexity index is 760. The molecule has 1 aliphatic rings. The number of carboxylic acid groups (broad SMARTS) is 1. The zero-order valence-electron chi connectivity index (χ0n) is 17.3. The van der Waals surface area contributed by atoms with Crippen molar-refractivity contribution in [2.24, 2.45) is 5.92 Å². The first-order valence-corrected chi connectivity index (χ1v) is 10.3. The minimum Gasteiger partial charge on any atom is -0.494 e. The van der Waals surface area contributed by atoms with Crippen molar-refractivity contribution in [2.45, 2.75) is 38.6 Å². The molecule has 2 amide bonds. The van der Waals surface area contributed by atoms with Crippen LogP contribution in [0.1, 0.15) is 32.6 Å². The molecule has 2 N–H and O–H groups in total. The number of aliphatic carboxylic acids is 1. The number of hydrogen-bond acceptors (Lipinski definition) is 4. The molecule has 7 heteroatoms. The largest absolute Gasteiger partial charge is 0.494 e. The number of carbonyl (C=O) groups is 3. The van der Waals surface area contributed by atoms with Gasteiger partial charge >= 0.3 is 5.97 Å². The fraction of sp³-hybridized carbons (Fsp3) is 0.435. The quantitative estimate of drug-likeness (QED) is 0.429. The van der Waals surface area contributed by atoms with Crippen LogP contribution in [0.4, 0.5) is 0 Å². The maximum atomic E-state index is 12.5. The van der Waals surface area contributed by atoms with Gasteiger partial charge in [-0.3, -0.25) is 9.59 Å². The number of nitrogens with one attached hydrogen (secondary N) is 1. The Morgan fingerprint density at radius 1 is 1.23 bits per heavy atom. The zero-order valence-corrected chi connectivity index (χ0v) is 17.3. The number of carbonyl (C=O) groups excluding carboxylic acids is 2. The highest BCUT2D eigenvalue weighted by atomic mass is 16.5. The summed E-state index contributed by atoms with van der Waals surface area (Å²) >= 11 is 0. The molecule has 0 spiro atoms. The average Bonchev–Trinajstić information content (AvgIpc) is 3.18. The van der Waals surface area contributed by atoms with Gasteiger partial charge in [-0.1, -0.05) is 42.5 Å². The predicted octanol–water partition coefficient (Wildman–Crippen LogP) is 2.79. The predicted molar refractivity (Wildman–Crippen MR) is 114 cm³/mol. The number of carboxylic acids is 1. The molecule has 1 saturated heterocycles. The molecule has 162 valence electrons. The average molecular weight is 415 g/mol. The second-order valence-electron chi connectivity index (χ2n) is 7.23. The van der Waals surface area contributed by atoms with E-state index in [1.807, 2.05) is 61.6 Å². The highest BCUT2D eigenvalue weighted by Gasteiger charge is 2.38. The van der Waals surface area contributed by atoms with Gasteiger partial charge in [0.05, 0.1) is 13.2 Å². The highest BCUT2D eigenvalue weighted by Crippen LogP contribution is 2.26. The molecule has 1 aromatic rings. The van der Waals surface area contributed by atoms with Crippen molar-refractivity contribution in [1.82, 2.24) is 10.2 Å². The topological polar surface area (TPSA) is 95.9 Å². The van der Waals surface area contributed by atoms with Gasteiger partial charge in [-0.15, -0.1) is 0 Å². The molecule has 7 nitrogen and oxygen atoms in total. The third-order valence-electron chi connectivity index (χ3n) is 4.90. The third kappa shape index (κ3) is 7.73. The summed E-state index contributed by atoms with van der Waals surface area (Å²) in [5, 5.41) is 12.0. The van der Waals surface area contributed by atoms with Crippen LogP contribution in [0.2, 0.25) is 0 Å². The van der Waals surface area contributed by atoms with Crippen molar-refractivity contribution < 1.29 is 24.2 Å². The maximum absolute atomic E-state index is 12.5. The maximum Gasteiger partial charge on any atom is 0.326 e. The van der Waals surface area contributed by atoms with E-state index in [0.29, 0.717) is 32.4 Å². The monoisotopic (exact) mass is 414 g/mol. The molecule has 0 radical (unpaired) electrons. The fourth-order valence-corrected chi connectivity index (χ4v) is 3.37. The third-order valence-corrected chi connectivity index (χ3v) is 4.90. The highest BCUT2D eigenvalue weighted by molar-refractivity contribution is 5.88. The van der Waals surface area contributed by atoms with Crippen molar-refractivity contribution in [3.05, 3.63) is 54.6 Å². The van der Waals surface area contributed by atoms with E-state index >= 15 is 0 Å². The number of rotatable bonds is 11. The van der Waals surface area contributed by atoms with Gasteiger partial charge in [0.15, 0.2) is 0 Å². The lowest BCUT2D eigenvalue weighted by Gasteiger charge is -2.21. The molecule has 2 rings (SSSR count). The lowest BCUT2D eigenvalue weighted by molar-refractivity contribution is -0.148. The molecule has 1 heterocycles. The number of para-hydroxylation sites is 1. The Hall–Kier alpha value is -3.09. The van der Waals surface area contributed by atoms with Crippen molar-refractivity contribution in [1.29, 1.82) is 0 Å². The first-order valence-electron chi connectivity index (χ1n) is 10.3. The molecule has 0 aromatic heterocycles. The number of benzene rings is 1. The molecule has 2 atom stereocenters. The lowest BCUT2D eigenvalue weighted by atomic mass is 10.0. The van der Waals surface area contributed by atoms with Crippen LogP contribution in [0.25, 0.3) is 0 Å². The minimum atomic E-state index is -1.01. The molecule has 0 bridgehead atoms. The van der Waals surface area contributed by atoms with Gasteiger partial charge in [0.1, 0.15) is 11.8 Å². The van der Waals surface area contributed by atoms with Crippen LogP contribution in [0.3, 0.4) is 0 Å². The van der Waals surface area contributed by atoms with Crippen LogP contribution in [0.15, 0.2) is 54.6 Å². The van der Waals surface area contributed by atoms with Crippen LogP contribution in [-0.4, -0.2) is 53.5 Å². The summed E-state index contributed by atoms with van der Waals surface area (Å²) < 4.78 is 5.53.